The van der Waals surface area contributed by atoms with Gasteiger partial charge >= 0.3 is 0 Å². The predicted octanol–water partition coefficient (Wildman–Crippen LogP) is -0.654. The van der Waals surface area contributed by atoms with Crippen molar-refractivity contribution in [2.45, 2.75) is 30.7 Å². The molecular weight excluding hydrogens is 384 g/mol. The molecule has 0 saturated carbocycles. The minimum atomic E-state index is -1.68. The van der Waals surface area contributed by atoms with Gasteiger partial charge in [0.05, 0.1) is 17.7 Å². The zero-order valence-corrected chi connectivity index (χ0v) is 14.9. The lowest BCUT2D eigenvalue weighted by Gasteiger charge is -2.39. The van der Waals surface area contributed by atoms with Crippen LogP contribution in [0.3, 0.4) is 0 Å². The quantitative estimate of drug-likeness (QED) is 0.384. The number of aliphatic hydroxyl groups excluding tert-OH is 4. The Labute approximate surface area is 164 Å². The average Bonchev–Trinajstić information content (AvgIpc) is 2.72. The van der Waals surface area contributed by atoms with Crippen LogP contribution in [0, 0.1) is 0 Å². The normalized spacial score (nSPS) is 28.6. The number of hydrogen-bond donors (Lipinski definition) is 5. The fourth-order valence-electron chi connectivity index (χ4n) is 3.58. The number of phenols is 1. The standard InChI is InChI=1S/C20H18O9/c21-7-12-16(24)18(26)19(27)20(29-12)28-11-6-2-4-9-14(11)17(25)13-8(15(9)23)3-1-5-10(13)22/h1-6,12,16,18-22,24,26-27H,7H2. The van der Waals surface area contributed by atoms with Crippen LogP contribution in [0.15, 0.2) is 36.4 Å². The number of phenolic OH excluding ortho intramolecular Hbond substituents is 1. The number of carbonyl (C=O) groups excluding carboxylic acids is 2. The van der Waals surface area contributed by atoms with Crippen LogP contribution in [0.25, 0.3) is 0 Å². The Kier molecular flexibility index (Phi) is 4.85. The molecule has 9 nitrogen and oxygen atoms in total. The number of hydrogen-bond acceptors (Lipinski definition) is 9. The molecule has 152 valence electrons. The van der Waals surface area contributed by atoms with Crippen molar-refractivity contribution < 1.29 is 44.6 Å². The molecule has 1 aliphatic carbocycles. The first kappa shape index (κ1) is 19.5. The summed E-state index contributed by atoms with van der Waals surface area (Å²) >= 11 is 0. The number of ketones is 2. The van der Waals surface area contributed by atoms with E-state index in [4.69, 9.17) is 9.47 Å². The van der Waals surface area contributed by atoms with Gasteiger partial charge in [-0.05, 0) is 12.1 Å². The topological polar surface area (TPSA) is 154 Å². The maximum absolute atomic E-state index is 13.0. The van der Waals surface area contributed by atoms with E-state index in [9.17, 15) is 35.1 Å². The molecule has 5 N–H and O–H groups in total. The fraction of sp³-hybridized carbons (Fsp3) is 0.300. The van der Waals surface area contributed by atoms with Crippen LogP contribution in [-0.4, -0.2) is 74.4 Å². The number of carbonyl (C=O) groups is 2. The fourth-order valence-corrected chi connectivity index (χ4v) is 3.58. The third-order valence-corrected chi connectivity index (χ3v) is 5.10. The van der Waals surface area contributed by atoms with Gasteiger partial charge in [-0.3, -0.25) is 9.59 Å². The Hall–Kier alpha value is -2.82. The highest BCUT2D eigenvalue weighted by Crippen LogP contribution is 2.37. The summed E-state index contributed by atoms with van der Waals surface area (Å²) in [5, 5.41) is 49.4. The molecule has 2 aliphatic rings. The molecule has 1 aliphatic heterocycles. The first-order chi connectivity index (χ1) is 13.8. The molecule has 0 amide bonds. The van der Waals surface area contributed by atoms with Crippen LogP contribution in [0.1, 0.15) is 31.8 Å². The third-order valence-electron chi connectivity index (χ3n) is 5.10. The van der Waals surface area contributed by atoms with Crippen molar-refractivity contribution >= 4 is 11.6 Å². The van der Waals surface area contributed by atoms with E-state index in [0.29, 0.717) is 0 Å². The summed E-state index contributed by atoms with van der Waals surface area (Å²) in [7, 11) is 0. The van der Waals surface area contributed by atoms with Crippen molar-refractivity contribution in [3.05, 3.63) is 58.7 Å². The van der Waals surface area contributed by atoms with E-state index in [1.807, 2.05) is 0 Å². The molecule has 5 atom stereocenters. The van der Waals surface area contributed by atoms with Gasteiger partial charge in [-0.15, -0.1) is 0 Å². The molecule has 1 fully saturated rings. The smallest absolute Gasteiger partial charge is 0.229 e. The summed E-state index contributed by atoms with van der Waals surface area (Å²) in [6.07, 6.45) is -7.62. The summed E-state index contributed by atoms with van der Waals surface area (Å²) in [5.41, 5.74) is -0.166. The van der Waals surface area contributed by atoms with Gasteiger partial charge in [-0.25, -0.2) is 0 Å². The Bertz CT molecular complexity index is 984. The van der Waals surface area contributed by atoms with Crippen molar-refractivity contribution in [3.63, 3.8) is 0 Å². The number of rotatable bonds is 3. The second kappa shape index (κ2) is 7.21. The van der Waals surface area contributed by atoms with Gasteiger partial charge < -0.3 is 35.0 Å². The number of aromatic hydroxyl groups is 1. The molecule has 29 heavy (non-hydrogen) atoms. The summed E-state index contributed by atoms with van der Waals surface area (Å²) in [4.78, 5) is 25.8. The molecule has 1 heterocycles. The lowest BCUT2D eigenvalue weighted by atomic mass is 9.83. The Morgan fingerprint density at radius 1 is 0.862 bits per heavy atom. The molecule has 9 heteroatoms. The summed E-state index contributed by atoms with van der Waals surface area (Å²) < 4.78 is 10.9. The molecule has 2 aromatic rings. The highest BCUT2D eigenvalue weighted by molar-refractivity contribution is 6.30. The van der Waals surface area contributed by atoms with Gasteiger partial charge in [-0.2, -0.15) is 0 Å². The highest BCUT2D eigenvalue weighted by atomic mass is 16.7. The zero-order valence-electron chi connectivity index (χ0n) is 14.9. The van der Waals surface area contributed by atoms with E-state index in [2.05, 4.69) is 0 Å². The minimum Gasteiger partial charge on any atom is -0.507 e. The van der Waals surface area contributed by atoms with Crippen LogP contribution in [0.2, 0.25) is 0 Å². The van der Waals surface area contributed by atoms with Crippen molar-refractivity contribution in [1.29, 1.82) is 0 Å². The van der Waals surface area contributed by atoms with E-state index < -0.39 is 48.9 Å². The first-order valence-electron chi connectivity index (χ1n) is 8.86. The largest absolute Gasteiger partial charge is 0.507 e. The Balaban J connectivity index is 1.74. The van der Waals surface area contributed by atoms with Gasteiger partial charge in [0.1, 0.15) is 35.9 Å². The van der Waals surface area contributed by atoms with E-state index >= 15 is 0 Å². The van der Waals surface area contributed by atoms with Crippen molar-refractivity contribution in [2.24, 2.45) is 0 Å². The second-order valence-corrected chi connectivity index (χ2v) is 6.85. The van der Waals surface area contributed by atoms with Gasteiger partial charge in [0.2, 0.25) is 12.1 Å². The molecule has 4 rings (SSSR count). The molecule has 5 unspecified atom stereocenters. The van der Waals surface area contributed by atoms with E-state index in [1.165, 1.54) is 36.4 Å². The van der Waals surface area contributed by atoms with E-state index in [0.717, 1.165) is 0 Å². The average molecular weight is 402 g/mol. The van der Waals surface area contributed by atoms with Gasteiger partial charge in [-0.1, -0.05) is 24.3 Å². The van der Waals surface area contributed by atoms with Crippen LogP contribution < -0.4 is 4.74 Å². The predicted molar refractivity (Wildman–Crippen MR) is 95.8 cm³/mol. The first-order valence-corrected chi connectivity index (χ1v) is 8.86. The summed E-state index contributed by atoms with van der Waals surface area (Å²) in [5.74, 6) is -1.59. The van der Waals surface area contributed by atoms with Crippen molar-refractivity contribution in [1.82, 2.24) is 0 Å². The van der Waals surface area contributed by atoms with E-state index in [1.54, 1.807) is 0 Å². The molecule has 0 spiro atoms. The Morgan fingerprint density at radius 3 is 2.21 bits per heavy atom. The lowest BCUT2D eigenvalue weighted by Crippen LogP contribution is -2.60. The maximum atomic E-state index is 13.0. The van der Waals surface area contributed by atoms with Crippen LogP contribution in [0.4, 0.5) is 0 Å². The minimum absolute atomic E-state index is 0.0511. The third kappa shape index (κ3) is 3.00. The molecule has 0 radical (unpaired) electrons. The van der Waals surface area contributed by atoms with Gasteiger partial charge in [0, 0.05) is 11.1 Å². The van der Waals surface area contributed by atoms with Crippen LogP contribution in [-0.2, 0) is 4.74 Å². The highest BCUT2D eigenvalue weighted by Gasteiger charge is 2.45. The number of benzene rings is 2. The Morgan fingerprint density at radius 2 is 1.52 bits per heavy atom. The molecule has 0 aromatic heterocycles. The monoisotopic (exact) mass is 402 g/mol. The number of fused-ring (bicyclic) bond motifs is 2. The summed E-state index contributed by atoms with van der Waals surface area (Å²) in [6.45, 7) is -0.642. The molecular formula is C20H18O9. The zero-order chi connectivity index (χ0) is 20.9. The van der Waals surface area contributed by atoms with Crippen LogP contribution >= 0.6 is 0 Å². The van der Waals surface area contributed by atoms with Crippen LogP contribution in [0.5, 0.6) is 11.5 Å². The SMILES string of the molecule is O=C1c2cccc(O)c2C(=O)c2c(OC3OC(CO)C(O)C(O)C3O)cccc21. The van der Waals surface area contributed by atoms with E-state index in [-0.39, 0.29) is 33.8 Å². The number of aliphatic hydroxyl groups is 4. The maximum Gasteiger partial charge on any atom is 0.229 e. The van der Waals surface area contributed by atoms with Crippen molar-refractivity contribution in [3.8, 4) is 11.5 Å². The van der Waals surface area contributed by atoms with Gasteiger partial charge in [0.15, 0.2) is 5.78 Å². The summed E-state index contributed by atoms with van der Waals surface area (Å²) in [6, 6.07) is 8.45. The molecule has 2 aromatic carbocycles. The lowest BCUT2D eigenvalue weighted by molar-refractivity contribution is -0.277. The van der Waals surface area contributed by atoms with Gasteiger partial charge in [0.25, 0.3) is 0 Å². The molecule has 0 bridgehead atoms. The second-order valence-electron chi connectivity index (χ2n) is 6.85. The van der Waals surface area contributed by atoms with Crippen molar-refractivity contribution in [2.75, 3.05) is 6.61 Å². The number of ether oxygens (including phenoxy) is 2. The molecule has 1 saturated heterocycles.